The number of hydrogen-bond acceptors (Lipinski definition) is 1. The van der Waals surface area contributed by atoms with Gasteiger partial charge in [-0.25, -0.2) is 0 Å². The predicted molar refractivity (Wildman–Crippen MR) is 90.3 cm³/mol. The summed E-state index contributed by atoms with van der Waals surface area (Å²) in [6, 6.07) is 5.14. The normalized spacial score (nSPS) is 29.9. The largest absolute Gasteiger partial charge is 0.382 e. The lowest BCUT2D eigenvalue weighted by Crippen LogP contribution is -2.34. The van der Waals surface area contributed by atoms with Crippen LogP contribution in [0.15, 0.2) is 16.6 Å². The van der Waals surface area contributed by atoms with E-state index in [0.717, 1.165) is 11.8 Å². The van der Waals surface area contributed by atoms with Gasteiger partial charge >= 0.3 is 0 Å². The molecule has 2 aliphatic carbocycles. The lowest BCUT2D eigenvalue weighted by molar-refractivity contribution is 0.162. The van der Waals surface area contributed by atoms with E-state index in [4.69, 9.17) is 0 Å². The zero-order valence-electron chi connectivity index (χ0n) is 12.7. The summed E-state index contributed by atoms with van der Waals surface area (Å²) in [5.74, 6) is 2.03. The van der Waals surface area contributed by atoms with Gasteiger partial charge in [-0.15, -0.1) is 0 Å². The maximum Gasteiger partial charge on any atom is 0.0402 e. The van der Waals surface area contributed by atoms with Gasteiger partial charge in [-0.1, -0.05) is 41.6 Å². The molecule has 1 N–H and O–H groups in total. The van der Waals surface area contributed by atoms with Crippen molar-refractivity contribution >= 4 is 21.6 Å². The fourth-order valence-electron chi connectivity index (χ4n) is 4.35. The van der Waals surface area contributed by atoms with E-state index >= 15 is 0 Å². The predicted octanol–water partition coefficient (Wildman–Crippen LogP) is 5.84. The molecular weight excluding hydrogens is 310 g/mol. The summed E-state index contributed by atoms with van der Waals surface area (Å²) in [7, 11) is 0. The number of aryl methyl sites for hydroxylation is 2. The van der Waals surface area contributed by atoms with Crippen LogP contribution in [-0.4, -0.2) is 6.04 Å². The molecule has 3 atom stereocenters. The molecule has 1 aromatic carbocycles. The van der Waals surface area contributed by atoms with Crippen molar-refractivity contribution in [3.8, 4) is 0 Å². The van der Waals surface area contributed by atoms with Crippen molar-refractivity contribution in [2.24, 2.45) is 11.8 Å². The first-order valence-electron chi connectivity index (χ1n) is 8.17. The van der Waals surface area contributed by atoms with Gasteiger partial charge in [0.05, 0.1) is 0 Å². The van der Waals surface area contributed by atoms with E-state index in [1.54, 1.807) is 0 Å². The number of nitrogens with one attached hydrogen (secondary N) is 1. The number of halogens is 1. The van der Waals surface area contributed by atoms with E-state index in [0.29, 0.717) is 6.04 Å². The average Bonchev–Trinajstić information content (AvgIpc) is 2.42. The minimum atomic E-state index is 0.688. The highest BCUT2D eigenvalue weighted by atomic mass is 79.9. The van der Waals surface area contributed by atoms with Gasteiger partial charge in [-0.2, -0.15) is 0 Å². The second kappa shape index (κ2) is 6.09. The Morgan fingerprint density at radius 1 is 0.950 bits per heavy atom. The van der Waals surface area contributed by atoms with E-state index in [9.17, 15) is 0 Å². The number of rotatable bonds is 2. The van der Waals surface area contributed by atoms with E-state index in [1.807, 2.05) is 0 Å². The molecular formula is C18H26BrN. The summed E-state index contributed by atoms with van der Waals surface area (Å²) in [5.41, 5.74) is 4.10. The molecule has 1 nitrogen and oxygen atoms in total. The summed E-state index contributed by atoms with van der Waals surface area (Å²) in [5, 5.41) is 3.86. The van der Waals surface area contributed by atoms with Crippen LogP contribution in [0.2, 0.25) is 0 Å². The first-order chi connectivity index (χ1) is 9.63. The van der Waals surface area contributed by atoms with Crippen molar-refractivity contribution in [3.63, 3.8) is 0 Å². The summed E-state index contributed by atoms with van der Waals surface area (Å²) in [6.45, 7) is 4.43. The van der Waals surface area contributed by atoms with Gasteiger partial charge in [0.15, 0.2) is 0 Å². The fraction of sp³-hybridized carbons (Fsp3) is 0.667. The molecule has 2 fully saturated rings. The molecule has 2 saturated carbocycles. The molecule has 2 aliphatic rings. The SMILES string of the molecule is Cc1cc(Br)cc(C)c1NC1CCC2CCCCC2C1. The van der Waals surface area contributed by atoms with E-state index in [-0.39, 0.29) is 0 Å². The maximum absolute atomic E-state index is 3.86. The van der Waals surface area contributed by atoms with E-state index < -0.39 is 0 Å². The Morgan fingerprint density at radius 3 is 2.30 bits per heavy atom. The third kappa shape index (κ3) is 3.05. The van der Waals surface area contributed by atoms with Crippen LogP contribution in [0, 0.1) is 25.7 Å². The smallest absolute Gasteiger partial charge is 0.0402 e. The molecule has 3 unspecified atom stereocenters. The number of fused-ring (bicyclic) bond motifs is 1. The summed E-state index contributed by atoms with van der Waals surface area (Å²) < 4.78 is 1.19. The van der Waals surface area contributed by atoms with Crippen molar-refractivity contribution in [2.45, 2.75) is 64.8 Å². The van der Waals surface area contributed by atoms with Crippen molar-refractivity contribution < 1.29 is 0 Å². The summed E-state index contributed by atoms with van der Waals surface area (Å²) >= 11 is 3.59. The highest BCUT2D eigenvalue weighted by Crippen LogP contribution is 2.41. The minimum absolute atomic E-state index is 0.688. The quantitative estimate of drug-likeness (QED) is 0.716. The Kier molecular flexibility index (Phi) is 4.40. The molecule has 0 heterocycles. The van der Waals surface area contributed by atoms with E-state index in [2.05, 4.69) is 47.2 Å². The third-order valence-corrected chi connectivity index (χ3v) is 5.84. The van der Waals surface area contributed by atoms with Gasteiger partial charge in [0.2, 0.25) is 0 Å². The second-order valence-electron chi connectivity index (χ2n) is 6.87. The van der Waals surface area contributed by atoms with E-state index in [1.165, 1.54) is 66.2 Å². The van der Waals surface area contributed by atoms with Gasteiger partial charge < -0.3 is 5.32 Å². The average molecular weight is 336 g/mol. The second-order valence-corrected chi connectivity index (χ2v) is 7.79. The molecule has 2 heteroatoms. The Morgan fingerprint density at radius 2 is 1.60 bits per heavy atom. The standard InChI is InChI=1S/C18H26BrN/c1-12-9-16(19)10-13(2)18(12)20-17-8-7-14-5-3-4-6-15(14)11-17/h9-10,14-15,17,20H,3-8,11H2,1-2H3. The molecule has 0 aromatic heterocycles. The topological polar surface area (TPSA) is 12.0 Å². The Hall–Kier alpha value is -0.500. The minimum Gasteiger partial charge on any atom is -0.382 e. The van der Waals surface area contributed by atoms with Gasteiger partial charge in [0.25, 0.3) is 0 Å². The maximum atomic E-state index is 3.86. The van der Waals surface area contributed by atoms with Crippen molar-refractivity contribution in [2.75, 3.05) is 5.32 Å². The molecule has 110 valence electrons. The van der Waals surface area contributed by atoms with Gasteiger partial charge in [0.1, 0.15) is 0 Å². The van der Waals surface area contributed by atoms with Crippen molar-refractivity contribution in [1.82, 2.24) is 0 Å². The van der Waals surface area contributed by atoms with Crippen LogP contribution in [0.4, 0.5) is 5.69 Å². The summed E-state index contributed by atoms with van der Waals surface area (Å²) in [4.78, 5) is 0. The highest BCUT2D eigenvalue weighted by Gasteiger charge is 2.32. The highest BCUT2D eigenvalue weighted by molar-refractivity contribution is 9.10. The Labute approximate surface area is 131 Å². The zero-order valence-corrected chi connectivity index (χ0v) is 14.3. The molecule has 3 rings (SSSR count). The van der Waals surface area contributed by atoms with Gasteiger partial charge in [0, 0.05) is 16.2 Å². The number of hydrogen-bond donors (Lipinski definition) is 1. The monoisotopic (exact) mass is 335 g/mol. The van der Waals surface area contributed by atoms with Crippen LogP contribution in [0.25, 0.3) is 0 Å². The number of anilines is 1. The lowest BCUT2D eigenvalue weighted by atomic mass is 9.69. The fourth-order valence-corrected chi connectivity index (χ4v) is 5.03. The molecule has 0 radical (unpaired) electrons. The molecule has 0 bridgehead atoms. The summed E-state index contributed by atoms with van der Waals surface area (Å²) in [6.07, 6.45) is 10.1. The first kappa shape index (κ1) is 14.4. The molecule has 1 aromatic rings. The molecule has 0 saturated heterocycles. The third-order valence-electron chi connectivity index (χ3n) is 5.39. The Balaban J connectivity index is 1.69. The van der Waals surface area contributed by atoms with Gasteiger partial charge in [-0.05, 0) is 68.2 Å². The van der Waals surface area contributed by atoms with Crippen molar-refractivity contribution in [1.29, 1.82) is 0 Å². The van der Waals surface area contributed by atoms with Crippen LogP contribution in [0.1, 0.15) is 56.1 Å². The van der Waals surface area contributed by atoms with Crippen molar-refractivity contribution in [3.05, 3.63) is 27.7 Å². The molecule has 20 heavy (non-hydrogen) atoms. The zero-order chi connectivity index (χ0) is 14.1. The van der Waals surface area contributed by atoms with Crippen LogP contribution in [0.3, 0.4) is 0 Å². The van der Waals surface area contributed by atoms with Crippen LogP contribution < -0.4 is 5.32 Å². The molecule has 0 spiro atoms. The lowest BCUT2D eigenvalue weighted by Gasteiger charge is -2.40. The van der Waals surface area contributed by atoms with Gasteiger partial charge in [-0.3, -0.25) is 0 Å². The Bertz CT molecular complexity index is 459. The first-order valence-corrected chi connectivity index (χ1v) is 8.96. The van der Waals surface area contributed by atoms with Crippen LogP contribution in [-0.2, 0) is 0 Å². The molecule has 0 aliphatic heterocycles. The number of benzene rings is 1. The van der Waals surface area contributed by atoms with Crippen LogP contribution in [0.5, 0.6) is 0 Å². The van der Waals surface area contributed by atoms with Crippen LogP contribution >= 0.6 is 15.9 Å². The molecule has 0 amide bonds.